The molecule has 3 nitrogen and oxygen atoms in total. The summed E-state index contributed by atoms with van der Waals surface area (Å²) in [7, 11) is 0. The van der Waals surface area contributed by atoms with Gasteiger partial charge in [-0.2, -0.15) is 0 Å². The number of nitrogens with zero attached hydrogens (tertiary/aromatic N) is 2. The molecule has 0 spiro atoms. The summed E-state index contributed by atoms with van der Waals surface area (Å²) in [6.45, 7) is 8.51. The van der Waals surface area contributed by atoms with E-state index in [2.05, 4.69) is 28.9 Å². The van der Waals surface area contributed by atoms with Crippen LogP contribution >= 0.6 is 11.6 Å². The number of ether oxygens (including phenoxy) is 1. The maximum absolute atomic E-state index is 6.39. The molecule has 0 aromatic heterocycles. The number of halogens is 1. The van der Waals surface area contributed by atoms with E-state index in [1.807, 2.05) is 12.1 Å². The molecule has 21 heavy (non-hydrogen) atoms. The smallest absolute Gasteiger partial charge is 0.0619 e. The summed E-state index contributed by atoms with van der Waals surface area (Å²) in [5.74, 6) is 0. The van der Waals surface area contributed by atoms with Crippen LogP contribution in [-0.4, -0.2) is 55.2 Å². The Morgan fingerprint density at radius 1 is 1.19 bits per heavy atom. The molecule has 0 N–H and O–H groups in total. The Morgan fingerprint density at radius 3 is 2.81 bits per heavy atom. The van der Waals surface area contributed by atoms with Crippen molar-refractivity contribution in [2.24, 2.45) is 0 Å². The van der Waals surface area contributed by atoms with Crippen molar-refractivity contribution in [3.8, 4) is 0 Å². The average Bonchev–Trinajstić information content (AvgIpc) is 2.95. The Bertz CT molecular complexity index is 468. The van der Waals surface area contributed by atoms with Gasteiger partial charge in [0.05, 0.1) is 13.2 Å². The summed E-state index contributed by atoms with van der Waals surface area (Å²) in [5.41, 5.74) is 1.30. The maximum atomic E-state index is 6.39. The van der Waals surface area contributed by atoms with Crippen molar-refractivity contribution < 1.29 is 4.74 Å². The van der Waals surface area contributed by atoms with Crippen LogP contribution in [0.5, 0.6) is 0 Å². The van der Waals surface area contributed by atoms with Crippen molar-refractivity contribution in [3.63, 3.8) is 0 Å². The normalized spacial score (nSPS) is 28.1. The quantitative estimate of drug-likeness (QED) is 0.849. The minimum atomic E-state index is 0.495. The lowest BCUT2D eigenvalue weighted by atomic mass is 10.0. The van der Waals surface area contributed by atoms with Crippen LogP contribution in [0.3, 0.4) is 0 Å². The fourth-order valence-corrected chi connectivity index (χ4v) is 3.80. The first-order chi connectivity index (χ1) is 10.3. The molecule has 0 saturated carbocycles. The van der Waals surface area contributed by atoms with E-state index >= 15 is 0 Å². The summed E-state index contributed by atoms with van der Waals surface area (Å²) < 4.78 is 5.52. The largest absolute Gasteiger partial charge is 0.379 e. The van der Waals surface area contributed by atoms with Crippen LogP contribution in [0.25, 0.3) is 0 Å². The first-order valence-corrected chi connectivity index (χ1v) is 8.44. The van der Waals surface area contributed by atoms with Crippen LogP contribution in [0, 0.1) is 0 Å². The molecule has 2 aliphatic heterocycles. The molecule has 0 amide bonds. The van der Waals surface area contributed by atoms with Crippen LogP contribution in [-0.2, 0) is 4.74 Å². The van der Waals surface area contributed by atoms with Gasteiger partial charge in [-0.1, -0.05) is 29.8 Å². The Labute approximate surface area is 132 Å². The number of hydrogen-bond donors (Lipinski definition) is 0. The van der Waals surface area contributed by atoms with Crippen LogP contribution in [0.4, 0.5) is 0 Å². The van der Waals surface area contributed by atoms with E-state index in [1.54, 1.807) is 0 Å². The lowest BCUT2D eigenvalue weighted by Crippen LogP contribution is -2.46. The van der Waals surface area contributed by atoms with Gasteiger partial charge in [-0.25, -0.2) is 0 Å². The molecule has 2 aliphatic rings. The Morgan fingerprint density at radius 2 is 2.00 bits per heavy atom. The molecular formula is C17H25ClN2O. The molecule has 4 heteroatoms. The first kappa shape index (κ1) is 15.3. The van der Waals surface area contributed by atoms with Crippen molar-refractivity contribution in [3.05, 3.63) is 34.9 Å². The number of benzene rings is 1. The maximum Gasteiger partial charge on any atom is 0.0619 e. The zero-order chi connectivity index (χ0) is 14.7. The third-order valence-corrected chi connectivity index (χ3v) is 5.15. The van der Waals surface area contributed by atoms with Crippen molar-refractivity contribution in [2.45, 2.75) is 31.8 Å². The monoisotopic (exact) mass is 308 g/mol. The molecule has 0 radical (unpaired) electrons. The topological polar surface area (TPSA) is 15.7 Å². The number of hydrogen-bond acceptors (Lipinski definition) is 3. The van der Waals surface area contributed by atoms with Crippen molar-refractivity contribution >= 4 is 11.6 Å². The summed E-state index contributed by atoms with van der Waals surface area (Å²) in [5, 5.41) is 0.911. The van der Waals surface area contributed by atoms with Gasteiger partial charge in [0.15, 0.2) is 0 Å². The fourth-order valence-electron chi connectivity index (χ4n) is 3.54. The Hall–Kier alpha value is -0.610. The highest BCUT2D eigenvalue weighted by molar-refractivity contribution is 6.31. The standard InChI is InChI=1S/C17H25ClN2O/c1-14-13-21-12-11-19(14)9-10-20-8-4-7-17(20)15-5-2-3-6-16(15)18/h2-3,5-6,14,17H,4,7-13H2,1H3/t14-,17+/m0/s1. The fraction of sp³-hybridized carbons (Fsp3) is 0.647. The zero-order valence-electron chi connectivity index (χ0n) is 12.8. The summed E-state index contributed by atoms with van der Waals surface area (Å²) in [4.78, 5) is 5.15. The molecule has 1 aromatic rings. The molecule has 2 atom stereocenters. The van der Waals surface area contributed by atoms with Gasteiger partial charge in [0, 0.05) is 36.7 Å². The Kier molecular flexibility index (Phi) is 5.17. The summed E-state index contributed by atoms with van der Waals surface area (Å²) in [6.07, 6.45) is 2.50. The predicted molar refractivity (Wildman–Crippen MR) is 86.9 cm³/mol. The van der Waals surface area contributed by atoms with E-state index in [9.17, 15) is 0 Å². The average molecular weight is 309 g/mol. The molecule has 3 rings (SSSR count). The second-order valence-electron chi connectivity index (χ2n) is 6.18. The van der Waals surface area contributed by atoms with Crippen LogP contribution in [0.1, 0.15) is 31.4 Å². The van der Waals surface area contributed by atoms with E-state index in [0.29, 0.717) is 12.1 Å². The highest BCUT2D eigenvalue weighted by Gasteiger charge is 2.28. The molecule has 0 unspecified atom stereocenters. The van der Waals surface area contributed by atoms with Crippen molar-refractivity contribution in [2.75, 3.05) is 39.4 Å². The Balaban J connectivity index is 1.61. The number of likely N-dealkylation sites (tertiary alicyclic amines) is 1. The van der Waals surface area contributed by atoms with Crippen molar-refractivity contribution in [1.29, 1.82) is 0 Å². The van der Waals surface area contributed by atoms with E-state index in [1.165, 1.54) is 24.9 Å². The molecule has 116 valence electrons. The van der Waals surface area contributed by atoms with E-state index < -0.39 is 0 Å². The van der Waals surface area contributed by atoms with Crippen molar-refractivity contribution in [1.82, 2.24) is 9.80 Å². The second kappa shape index (κ2) is 7.10. The van der Waals surface area contributed by atoms with Gasteiger partial charge in [0.1, 0.15) is 0 Å². The third-order valence-electron chi connectivity index (χ3n) is 4.81. The van der Waals surface area contributed by atoms with Crippen LogP contribution in [0.15, 0.2) is 24.3 Å². The molecule has 2 saturated heterocycles. The predicted octanol–water partition coefficient (Wildman–Crippen LogP) is 3.20. The van der Waals surface area contributed by atoms with Crippen LogP contribution < -0.4 is 0 Å². The minimum absolute atomic E-state index is 0.495. The van der Waals surface area contributed by atoms with E-state index in [4.69, 9.17) is 16.3 Å². The van der Waals surface area contributed by atoms with Gasteiger partial charge >= 0.3 is 0 Å². The zero-order valence-corrected chi connectivity index (χ0v) is 13.6. The summed E-state index contributed by atoms with van der Waals surface area (Å²) >= 11 is 6.39. The molecular weight excluding hydrogens is 284 g/mol. The molecule has 0 aliphatic carbocycles. The van der Waals surface area contributed by atoms with Crippen LogP contribution in [0.2, 0.25) is 5.02 Å². The van der Waals surface area contributed by atoms with Gasteiger partial charge in [-0.05, 0) is 37.9 Å². The van der Waals surface area contributed by atoms with Gasteiger partial charge in [-0.3, -0.25) is 9.80 Å². The third kappa shape index (κ3) is 3.59. The van der Waals surface area contributed by atoms with E-state index in [-0.39, 0.29) is 0 Å². The van der Waals surface area contributed by atoms with E-state index in [0.717, 1.165) is 37.9 Å². The van der Waals surface area contributed by atoms with Gasteiger partial charge in [0.2, 0.25) is 0 Å². The van der Waals surface area contributed by atoms with Gasteiger partial charge in [-0.15, -0.1) is 0 Å². The molecule has 2 heterocycles. The number of morpholine rings is 1. The molecule has 0 bridgehead atoms. The molecule has 2 fully saturated rings. The number of rotatable bonds is 4. The highest BCUT2D eigenvalue weighted by Crippen LogP contribution is 2.35. The lowest BCUT2D eigenvalue weighted by Gasteiger charge is -2.35. The molecule has 1 aromatic carbocycles. The first-order valence-electron chi connectivity index (χ1n) is 8.06. The SMILES string of the molecule is C[C@H]1COCCN1CCN1CCC[C@@H]1c1ccccc1Cl. The lowest BCUT2D eigenvalue weighted by molar-refractivity contribution is -0.00452. The minimum Gasteiger partial charge on any atom is -0.379 e. The van der Waals surface area contributed by atoms with Gasteiger partial charge < -0.3 is 4.74 Å². The highest BCUT2D eigenvalue weighted by atomic mass is 35.5. The summed E-state index contributed by atoms with van der Waals surface area (Å²) in [6, 6.07) is 9.35. The van der Waals surface area contributed by atoms with Gasteiger partial charge in [0.25, 0.3) is 0 Å². The second-order valence-corrected chi connectivity index (χ2v) is 6.58.